The van der Waals surface area contributed by atoms with E-state index >= 15 is 0 Å². The molecule has 1 heterocycles. The maximum atomic E-state index is 13.5. The van der Waals surface area contributed by atoms with Crippen molar-refractivity contribution in [3.05, 3.63) is 63.6 Å². The Morgan fingerprint density at radius 1 is 1.11 bits per heavy atom. The van der Waals surface area contributed by atoms with E-state index in [9.17, 15) is 22.8 Å². The number of fused-ring (bicyclic) bond motifs is 1. The first-order valence-corrected chi connectivity index (χ1v) is 15.0. The summed E-state index contributed by atoms with van der Waals surface area (Å²) in [6, 6.07) is 10.5. The average Bonchev–Trinajstić information content (AvgIpc) is 3.46. The van der Waals surface area contributed by atoms with E-state index in [0.29, 0.717) is 22.0 Å². The molecule has 1 aliphatic heterocycles. The summed E-state index contributed by atoms with van der Waals surface area (Å²) in [6.07, 6.45) is 4.46. The lowest BCUT2D eigenvalue weighted by atomic mass is 10.1. The number of hydrogen-bond acceptors (Lipinski definition) is 5. The SMILES string of the molecule is CC[C@H](C(=O)NC1CCCC1)N(Cc1ccc(Cl)c(Cl)c1)C(=O)CCCN1C(=O)c2ccccc2S1(=O)=O. The fraction of sp³-hybridized carbons (Fsp3) is 0.444. The number of nitrogens with one attached hydrogen (secondary N) is 1. The smallest absolute Gasteiger partial charge is 0.269 e. The number of nitrogens with zero attached hydrogens (tertiary/aromatic N) is 2. The molecule has 4 rings (SSSR count). The number of amides is 3. The minimum atomic E-state index is -3.95. The number of carbonyl (C=O) groups is 3. The summed E-state index contributed by atoms with van der Waals surface area (Å²) in [5.41, 5.74) is 0.849. The van der Waals surface area contributed by atoms with Gasteiger partial charge in [0.25, 0.3) is 15.9 Å². The van der Waals surface area contributed by atoms with Crippen LogP contribution in [0, 0.1) is 0 Å². The van der Waals surface area contributed by atoms with Crippen LogP contribution < -0.4 is 5.32 Å². The molecule has 0 radical (unpaired) electrons. The van der Waals surface area contributed by atoms with Gasteiger partial charge in [-0.05, 0) is 55.5 Å². The summed E-state index contributed by atoms with van der Waals surface area (Å²) in [5, 5.41) is 3.82. The highest BCUT2D eigenvalue weighted by atomic mass is 35.5. The third kappa shape index (κ3) is 6.00. The van der Waals surface area contributed by atoms with Crippen molar-refractivity contribution in [3.8, 4) is 0 Å². The topological polar surface area (TPSA) is 104 Å². The van der Waals surface area contributed by atoms with Crippen molar-refractivity contribution in [2.24, 2.45) is 0 Å². The molecule has 0 spiro atoms. The van der Waals surface area contributed by atoms with Crippen LogP contribution in [0.25, 0.3) is 0 Å². The summed E-state index contributed by atoms with van der Waals surface area (Å²) in [6.45, 7) is 1.85. The van der Waals surface area contributed by atoms with E-state index in [-0.39, 0.29) is 54.2 Å². The van der Waals surface area contributed by atoms with E-state index in [1.165, 1.54) is 17.0 Å². The van der Waals surface area contributed by atoms with Crippen molar-refractivity contribution in [1.82, 2.24) is 14.5 Å². The molecule has 8 nitrogen and oxygen atoms in total. The molecule has 1 saturated carbocycles. The standard InChI is InChI=1S/C27H31Cl2N3O5S/c1-2-23(26(34)30-19-8-3-4-9-19)31(17-18-13-14-21(28)22(29)16-18)25(33)12-7-15-32-27(35)20-10-5-6-11-24(20)38(32,36)37/h5-6,10-11,13-14,16,19,23H,2-4,7-9,12,15,17H2,1H3,(H,30,34)/t23-/m1/s1. The van der Waals surface area contributed by atoms with Gasteiger partial charge in [0.1, 0.15) is 10.9 Å². The Morgan fingerprint density at radius 2 is 1.82 bits per heavy atom. The van der Waals surface area contributed by atoms with Crippen molar-refractivity contribution in [2.75, 3.05) is 6.54 Å². The minimum absolute atomic E-state index is 0.0211. The molecule has 0 unspecified atom stereocenters. The molecule has 2 aliphatic rings. The zero-order valence-corrected chi connectivity index (χ0v) is 23.5. The average molecular weight is 581 g/mol. The lowest BCUT2D eigenvalue weighted by Crippen LogP contribution is -2.51. The molecule has 1 aliphatic carbocycles. The van der Waals surface area contributed by atoms with Crippen LogP contribution in [-0.2, 0) is 26.2 Å². The molecule has 0 aromatic heterocycles. The van der Waals surface area contributed by atoms with Crippen LogP contribution >= 0.6 is 23.2 Å². The number of benzene rings is 2. The normalized spacial score (nSPS) is 17.3. The monoisotopic (exact) mass is 579 g/mol. The Kier molecular flexibility index (Phi) is 9.00. The van der Waals surface area contributed by atoms with Crippen LogP contribution in [0.15, 0.2) is 47.4 Å². The van der Waals surface area contributed by atoms with Crippen LogP contribution in [0.4, 0.5) is 0 Å². The van der Waals surface area contributed by atoms with Gasteiger partial charge in [-0.3, -0.25) is 14.4 Å². The highest BCUT2D eigenvalue weighted by molar-refractivity contribution is 7.90. The highest BCUT2D eigenvalue weighted by Crippen LogP contribution is 2.30. The highest BCUT2D eigenvalue weighted by Gasteiger charge is 2.40. The Labute approximate surface area is 233 Å². The van der Waals surface area contributed by atoms with E-state index < -0.39 is 22.0 Å². The van der Waals surface area contributed by atoms with E-state index in [0.717, 1.165) is 30.0 Å². The molecule has 1 atom stereocenters. The fourth-order valence-electron chi connectivity index (χ4n) is 5.09. The molecule has 11 heteroatoms. The van der Waals surface area contributed by atoms with E-state index in [1.54, 1.807) is 30.3 Å². The van der Waals surface area contributed by atoms with Crippen molar-refractivity contribution >= 4 is 50.9 Å². The lowest BCUT2D eigenvalue weighted by Gasteiger charge is -2.32. The second-order valence-corrected chi connectivity index (χ2v) is 12.3. The molecule has 3 amide bonds. The van der Waals surface area contributed by atoms with Crippen LogP contribution in [-0.4, -0.2) is 54.0 Å². The van der Waals surface area contributed by atoms with Crippen LogP contribution in [0.2, 0.25) is 10.0 Å². The maximum Gasteiger partial charge on any atom is 0.269 e. The Morgan fingerprint density at radius 3 is 2.47 bits per heavy atom. The van der Waals surface area contributed by atoms with Gasteiger partial charge < -0.3 is 10.2 Å². The quantitative estimate of drug-likeness (QED) is 0.436. The van der Waals surface area contributed by atoms with Crippen molar-refractivity contribution in [3.63, 3.8) is 0 Å². The number of halogens is 2. The van der Waals surface area contributed by atoms with Gasteiger partial charge in [-0.2, -0.15) is 0 Å². The van der Waals surface area contributed by atoms with Gasteiger partial charge in [-0.25, -0.2) is 12.7 Å². The first-order chi connectivity index (χ1) is 18.1. The number of carbonyl (C=O) groups excluding carboxylic acids is 3. The minimum Gasteiger partial charge on any atom is -0.352 e. The Balaban J connectivity index is 1.48. The van der Waals surface area contributed by atoms with Crippen molar-refractivity contribution in [1.29, 1.82) is 0 Å². The zero-order chi connectivity index (χ0) is 27.4. The van der Waals surface area contributed by atoms with E-state index in [2.05, 4.69) is 5.32 Å². The predicted octanol–water partition coefficient (Wildman–Crippen LogP) is 4.78. The molecule has 204 valence electrons. The summed E-state index contributed by atoms with van der Waals surface area (Å²) in [4.78, 5) is 40.9. The molecule has 2 aromatic rings. The molecule has 38 heavy (non-hydrogen) atoms. The Bertz CT molecular complexity index is 1330. The van der Waals surface area contributed by atoms with Gasteiger partial charge >= 0.3 is 0 Å². The molecular formula is C27H31Cl2N3O5S. The molecule has 1 fully saturated rings. The first-order valence-electron chi connectivity index (χ1n) is 12.8. The third-order valence-electron chi connectivity index (χ3n) is 7.09. The zero-order valence-electron chi connectivity index (χ0n) is 21.2. The van der Waals surface area contributed by atoms with Gasteiger partial charge in [-0.15, -0.1) is 0 Å². The van der Waals surface area contributed by atoms with Gasteiger partial charge in [0, 0.05) is 25.6 Å². The molecule has 0 bridgehead atoms. The molecule has 2 aromatic carbocycles. The predicted molar refractivity (Wildman–Crippen MR) is 145 cm³/mol. The molecular weight excluding hydrogens is 549 g/mol. The largest absolute Gasteiger partial charge is 0.352 e. The van der Waals surface area contributed by atoms with E-state index in [1.807, 2.05) is 6.92 Å². The number of rotatable bonds is 10. The number of sulfonamides is 1. The van der Waals surface area contributed by atoms with Crippen LogP contribution in [0.1, 0.15) is 67.8 Å². The van der Waals surface area contributed by atoms with Crippen LogP contribution in [0.5, 0.6) is 0 Å². The fourth-order valence-corrected chi connectivity index (χ4v) is 7.02. The van der Waals surface area contributed by atoms with Crippen molar-refractivity contribution < 1.29 is 22.8 Å². The van der Waals surface area contributed by atoms with Crippen LogP contribution in [0.3, 0.4) is 0 Å². The molecule has 0 saturated heterocycles. The Hall–Kier alpha value is -2.62. The third-order valence-corrected chi connectivity index (χ3v) is 9.67. The molecule has 1 N–H and O–H groups in total. The number of hydrogen-bond donors (Lipinski definition) is 1. The lowest BCUT2D eigenvalue weighted by molar-refractivity contribution is -0.141. The van der Waals surface area contributed by atoms with Crippen molar-refractivity contribution in [2.45, 2.75) is 75.4 Å². The maximum absolute atomic E-state index is 13.5. The summed E-state index contributed by atoms with van der Waals surface area (Å²) in [5.74, 6) is -1.12. The second-order valence-electron chi connectivity index (χ2n) is 9.67. The second kappa shape index (κ2) is 12.1. The van der Waals surface area contributed by atoms with E-state index in [4.69, 9.17) is 23.2 Å². The first kappa shape index (κ1) is 28.4. The van der Waals surface area contributed by atoms with Gasteiger partial charge in [0.05, 0.1) is 15.6 Å². The van der Waals surface area contributed by atoms with Gasteiger partial charge in [0.15, 0.2) is 0 Å². The summed E-state index contributed by atoms with van der Waals surface area (Å²) >= 11 is 12.2. The van der Waals surface area contributed by atoms with Gasteiger partial charge in [-0.1, -0.05) is 61.2 Å². The summed E-state index contributed by atoms with van der Waals surface area (Å²) in [7, 11) is -3.95. The summed E-state index contributed by atoms with van der Waals surface area (Å²) < 4.78 is 26.5. The van der Waals surface area contributed by atoms with Gasteiger partial charge in [0.2, 0.25) is 11.8 Å².